The molecule has 0 radical (unpaired) electrons. The van der Waals surface area contributed by atoms with Crippen molar-refractivity contribution in [2.45, 2.75) is 110 Å². The van der Waals surface area contributed by atoms with Crippen molar-refractivity contribution < 1.29 is 32.8 Å². The van der Waals surface area contributed by atoms with Crippen molar-refractivity contribution in [3.8, 4) is 0 Å². The van der Waals surface area contributed by atoms with E-state index in [1.165, 1.54) is 12.8 Å². The van der Waals surface area contributed by atoms with Crippen LogP contribution in [0.2, 0.25) is 0 Å². The molecule has 3 N–H and O–H groups in total. The summed E-state index contributed by atoms with van der Waals surface area (Å²) in [5.41, 5.74) is 5.28. The van der Waals surface area contributed by atoms with Crippen molar-refractivity contribution in [2.24, 2.45) is 5.73 Å². The average Bonchev–Trinajstić information content (AvgIpc) is 3.00. The van der Waals surface area contributed by atoms with Gasteiger partial charge in [0.05, 0.1) is 19.8 Å². The topological polar surface area (TPSA) is 117 Å². The van der Waals surface area contributed by atoms with Gasteiger partial charge in [0.15, 0.2) is 0 Å². The lowest BCUT2D eigenvalue weighted by atomic mass is 10.1. The maximum Gasteiger partial charge on any atom is 0.472 e. The highest BCUT2D eigenvalue weighted by atomic mass is 31.2. The summed E-state index contributed by atoms with van der Waals surface area (Å²) in [7, 11) is -4.25. The minimum absolute atomic E-state index is 0.0917. The third kappa shape index (κ3) is 31.4. The van der Waals surface area contributed by atoms with Gasteiger partial charge in [-0.3, -0.25) is 13.8 Å². The average molecular weight is 638 g/mol. The molecule has 0 aliphatic heterocycles. The zero-order valence-electron chi connectivity index (χ0n) is 27.4. The zero-order valence-corrected chi connectivity index (χ0v) is 28.3. The van der Waals surface area contributed by atoms with Crippen LogP contribution in [0.4, 0.5) is 0 Å². The fourth-order valence-corrected chi connectivity index (χ4v) is 4.56. The van der Waals surface area contributed by atoms with Gasteiger partial charge in [-0.05, 0) is 64.2 Å². The van der Waals surface area contributed by atoms with E-state index in [9.17, 15) is 14.3 Å². The summed E-state index contributed by atoms with van der Waals surface area (Å²) in [6, 6.07) is 0. The van der Waals surface area contributed by atoms with Crippen LogP contribution < -0.4 is 5.73 Å². The molecule has 0 heterocycles. The van der Waals surface area contributed by atoms with E-state index in [-0.39, 0.29) is 32.8 Å². The lowest BCUT2D eigenvalue weighted by Crippen LogP contribution is -2.28. The standard InChI is InChI=1S/C35H60NO7P/c1-3-5-6-7-8-9-10-11-12-13-14-15-16-17-18-19-20-21-22-23-24-25-26-27-30-40-32-34(43-35(37)28-4-2)33-42-44(38,39)41-31-29-36/h5-6,8-9,11-12,14-15,17-18,20-21,34H,3-4,7,10,13,16,19,22-33,36H2,1-2H3,(H,38,39)/b6-5-,9-8-,12-11-,15-14-,18-17-,21-20-. The first-order chi connectivity index (χ1) is 21.4. The van der Waals surface area contributed by atoms with Crippen molar-refractivity contribution in [3.63, 3.8) is 0 Å². The Morgan fingerprint density at radius 1 is 0.705 bits per heavy atom. The normalized spacial score (nSPS) is 14.7. The Kier molecular flexibility index (Phi) is 30.8. The molecule has 0 aliphatic rings. The molecule has 0 spiro atoms. The predicted octanol–water partition coefficient (Wildman–Crippen LogP) is 8.85. The molecule has 2 unspecified atom stereocenters. The Morgan fingerprint density at radius 2 is 1.23 bits per heavy atom. The number of nitrogens with two attached hydrogens (primary N) is 1. The van der Waals surface area contributed by atoms with E-state index in [1.807, 2.05) is 6.92 Å². The maximum absolute atomic E-state index is 11.9. The van der Waals surface area contributed by atoms with Crippen molar-refractivity contribution in [1.29, 1.82) is 0 Å². The quantitative estimate of drug-likeness (QED) is 0.0347. The fourth-order valence-electron chi connectivity index (χ4n) is 3.80. The van der Waals surface area contributed by atoms with E-state index in [4.69, 9.17) is 24.3 Å². The summed E-state index contributed by atoms with van der Waals surface area (Å²) in [5, 5.41) is 0. The van der Waals surface area contributed by atoms with E-state index in [2.05, 4.69) is 79.8 Å². The molecular weight excluding hydrogens is 577 g/mol. The van der Waals surface area contributed by atoms with E-state index in [1.54, 1.807) is 0 Å². The van der Waals surface area contributed by atoms with E-state index in [0.29, 0.717) is 13.0 Å². The molecule has 9 heteroatoms. The molecule has 44 heavy (non-hydrogen) atoms. The monoisotopic (exact) mass is 637 g/mol. The van der Waals surface area contributed by atoms with Gasteiger partial charge in [-0.2, -0.15) is 0 Å². The molecule has 0 bridgehead atoms. The largest absolute Gasteiger partial charge is 0.472 e. The van der Waals surface area contributed by atoms with Gasteiger partial charge in [0, 0.05) is 19.6 Å². The van der Waals surface area contributed by atoms with Gasteiger partial charge in [-0.25, -0.2) is 4.57 Å². The second kappa shape index (κ2) is 32.3. The first kappa shape index (κ1) is 41.9. The maximum atomic E-state index is 11.9. The molecule has 0 saturated heterocycles. The van der Waals surface area contributed by atoms with Gasteiger partial charge < -0.3 is 20.1 Å². The number of ether oxygens (including phenoxy) is 2. The second-order valence-corrected chi connectivity index (χ2v) is 11.7. The Labute approximate surface area is 267 Å². The summed E-state index contributed by atoms with van der Waals surface area (Å²) < 4.78 is 32.5. The van der Waals surface area contributed by atoms with Gasteiger partial charge in [0.25, 0.3) is 0 Å². The van der Waals surface area contributed by atoms with Crippen LogP contribution in [0.1, 0.15) is 104 Å². The molecule has 252 valence electrons. The van der Waals surface area contributed by atoms with Gasteiger partial charge in [-0.15, -0.1) is 0 Å². The van der Waals surface area contributed by atoms with Gasteiger partial charge >= 0.3 is 13.8 Å². The number of phosphoric ester groups is 1. The predicted molar refractivity (Wildman–Crippen MR) is 182 cm³/mol. The van der Waals surface area contributed by atoms with Crippen LogP contribution in [-0.4, -0.2) is 49.9 Å². The van der Waals surface area contributed by atoms with Crippen LogP contribution in [0.15, 0.2) is 72.9 Å². The molecule has 0 aromatic heterocycles. The molecule has 0 amide bonds. The number of hydrogen-bond acceptors (Lipinski definition) is 7. The van der Waals surface area contributed by atoms with E-state index >= 15 is 0 Å². The number of rotatable bonds is 30. The van der Waals surface area contributed by atoms with Crippen molar-refractivity contribution in [2.75, 3.05) is 33.0 Å². The first-order valence-electron chi connectivity index (χ1n) is 16.4. The Hall–Kier alpha value is -2.06. The van der Waals surface area contributed by atoms with Crippen molar-refractivity contribution in [1.82, 2.24) is 0 Å². The van der Waals surface area contributed by atoms with Crippen LogP contribution in [0.3, 0.4) is 0 Å². The number of allylic oxidation sites excluding steroid dienone is 12. The summed E-state index contributed by atoms with van der Waals surface area (Å²) in [5.74, 6) is -0.396. The minimum atomic E-state index is -4.25. The number of phosphoric acid groups is 1. The highest BCUT2D eigenvalue weighted by Crippen LogP contribution is 2.43. The molecule has 0 fully saturated rings. The lowest BCUT2D eigenvalue weighted by molar-refractivity contribution is -0.154. The molecule has 2 atom stereocenters. The molecular formula is C35H60NO7P. The van der Waals surface area contributed by atoms with Crippen LogP contribution in [-0.2, 0) is 27.9 Å². The fraction of sp³-hybridized carbons (Fsp3) is 0.629. The smallest absolute Gasteiger partial charge is 0.457 e. The summed E-state index contributed by atoms with van der Waals surface area (Å²) >= 11 is 0. The number of unbranched alkanes of at least 4 members (excludes halogenated alkanes) is 5. The Morgan fingerprint density at radius 3 is 1.77 bits per heavy atom. The molecule has 0 aromatic carbocycles. The minimum Gasteiger partial charge on any atom is -0.457 e. The van der Waals surface area contributed by atoms with Crippen LogP contribution in [0.25, 0.3) is 0 Å². The molecule has 0 saturated carbocycles. The highest BCUT2D eigenvalue weighted by Gasteiger charge is 2.25. The Balaban J connectivity index is 3.82. The van der Waals surface area contributed by atoms with Crippen molar-refractivity contribution in [3.05, 3.63) is 72.9 Å². The third-order valence-corrected chi connectivity index (χ3v) is 7.09. The zero-order chi connectivity index (χ0) is 32.4. The number of carbonyl (C=O) groups is 1. The van der Waals surface area contributed by atoms with E-state index in [0.717, 1.165) is 64.2 Å². The van der Waals surface area contributed by atoms with Gasteiger partial charge in [-0.1, -0.05) is 106 Å². The Bertz CT molecular complexity index is 896. The molecule has 0 rings (SSSR count). The first-order valence-corrected chi connectivity index (χ1v) is 17.9. The third-order valence-electron chi connectivity index (χ3n) is 6.11. The number of hydrogen-bond donors (Lipinski definition) is 2. The van der Waals surface area contributed by atoms with Gasteiger partial charge in [0.1, 0.15) is 6.10 Å². The second-order valence-electron chi connectivity index (χ2n) is 10.3. The van der Waals surface area contributed by atoms with Crippen LogP contribution >= 0.6 is 7.82 Å². The number of esters is 1. The van der Waals surface area contributed by atoms with Crippen LogP contribution in [0, 0.1) is 0 Å². The SMILES string of the molecule is CC/C=C\C/C=C\C/C=C\C/C=C\C/C=C\C/C=C\CCCCCCCOCC(COP(=O)(O)OCCN)OC(=O)CCC. The molecule has 8 nitrogen and oxygen atoms in total. The summed E-state index contributed by atoms with van der Waals surface area (Å²) in [6.45, 7) is 4.34. The van der Waals surface area contributed by atoms with Crippen LogP contribution in [0.5, 0.6) is 0 Å². The van der Waals surface area contributed by atoms with E-state index < -0.39 is 19.9 Å². The summed E-state index contributed by atoms with van der Waals surface area (Å²) in [4.78, 5) is 21.5. The highest BCUT2D eigenvalue weighted by molar-refractivity contribution is 7.47. The summed E-state index contributed by atoms with van der Waals surface area (Å²) in [6.07, 6.45) is 39.3. The van der Waals surface area contributed by atoms with Gasteiger partial charge in [0.2, 0.25) is 0 Å². The molecule has 0 aliphatic carbocycles. The lowest BCUT2D eigenvalue weighted by Gasteiger charge is -2.19. The molecule has 0 aromatic rings. The van der Waals surface area contributed by atoms with Crippen molar-refractivity contribution >= 4 is 13.8 Å². The number of carbonyl (C=O) groups excluding carboxylic acids is 1.